The number of amides is 2. The minimum absolute atomic E-state index is 0.0795. The lowest BCUT2D eigenvalue weighted by atomic mass is 10.1. The molecule has 0 bridgehead atoms. The second-order valence-electron chi connectivity index (χ2n) is 4.34. The first-order valence-corrected chi connectivity index (χ1v) is 6.31. The average molecular weight is 289 g/mol. The van der Waals surface area contributed by atoms with Crippen molar-refractivity contribution < 1.29 is 14.2 Å². The first-order valence-electron chi connectivity index (χ1n) is 6.31. The minimum atomic E-state index is -0.525. The maximum atomic E-state index is 11.9. The summed E-state index contributed by atoms with van der Waals surface area (Å²) in [4.78, 5) is 23.7. The van der Waals surface area contributed by atoms with E-state index < -0.39 is 5.91 Å². The Morgan fingerprint density at radius 3 is 2.62 bits per heavy atom. The molecule has 1 heterocycles. The van der Waals surface area contributed by atoms with Crippen LogP contribution in [0, 0.1) is 6.92 Å². The Kier molecular flexibility index (Phi) is 4.17. The molecule has 0 aliphatic heterocycles. The number of benzene rings is 1. The molecule has 0 saturated carbocycles. The summed E-state index contributed by atoms with van der Waals surface area (Å²) in [7, 11) is 0. The fraction of sp³-hybridized carbons (Fsp3) is 0.231. The van der Waals surface area contributed by atoms with E-state index in [-0.39, 0.29) is 17.4 Å². The molecule has 0 fully saturated rings. The van der Waals surface area contributed by atoms with Crippen molar-refractivity contribution in [1.82, 2.24) is 15.6 Å². The molecule has 1 aromatic carbocycles. The van der Waals surface area contributed by atoms with Crippen molar-refractivity contribution in [3.05, 3.63) is 35.0 Å². The molecule has 2 aromatic rings. The van der Waals surface area contributed by atoms with Crippen molar-refractivity contribution in [3.8, 4) is 0 Å². The number of hydrogen-bond acceptors (Lipinski definition) is 6. The zero-order chi connectivity index (χ0) is 15.4. The molecule has 8 nitrogen and oxygen atoms in total. The lowest BCUT2D eigenvalue weighted by Gasteiger charge is -2.09. The standard InChI is InChI=1S/C13H15N5O3/c1-3-15-12(19)8-4-5-9(7(2)6-8)16-13(20)10-11(14)18-21-17-10/h4-6H,3H2,1-2H3,(H2,14,18)(H,15,19)(H,16,20). The van der Waals surface area contributed by atoms with Gasteiger partial charge >= 0.3 is 0 Å². The van der Waals surface area contributed by atoms with E-state index in [1.54, 1.807) is 25.1 Å². The molecule has 8 heteroatoms. The van der Waals surface area contributed by atoms with E-state index >= 15 is 0 Å². The lowest BCUT2D eigenvalue weighted by molar-refractivity contribution is 0.0955. The van der Waals surface area contributed by atoms with E-state index in [2.05, 4.69) is 25.6 Å². The van der Waals surface area contributed by atoms with Crippen molar-refractivity contribution >= 4 is 23.3 Å². The van der Waals surface area contributed by atoms with Crippen LogP contribution in [0.15, 0.2) is 22.8 Å². The maximum absolute atomic E-state index is 11.9. The highest BCUT2D eigenvalue weighted by Gasteiger charge is 2.17. The summed E-state index contributed by atoms with van der Waals surface area (Å²) < 4.78 is 4.37. The Bertz CT molecular complexity index is 680. The quantitative estimate of drug-likeness (QED) is 0.770. The van der Waals surface area contributed by atoms with Gasteiger partial charge in [-0.25, -0.2) is 4.63 Å². The SMILES string of the molecule is CCNC(=O)c1ccc(NC(=O)c2nonc2N)c(C)c1. The van der Waals surface area contributed by atoms with Crippen LogP contribution in [0.2, 0.25) is 0 Å². The summed E-state index contributed by atoms with van der Waals surface area (Å²) in [5, 5.41) is 12.1. The van der Waals surface area contributed by atoms with Crippen molar-refractivity contribution in [2.24, 2.45) is 0 Å². The van der Waals surface area contributed by atoms with E-state index in [0.29, 0.717) is 17.8 Å². The van der Waals surface area contributed by atoms with Gasteiger partial charge in [0.05, 0.1) is 0 Å². The van der Waals surface area contributed by atoms with Gasteiger partial charge in [0, 0.05) is 17.8 Å². The van der Waals surface area contributed by atoms with Gasteiger partial charge in [-0.2, -0.15) is 0 Å². The Morgan fingerprint density at radius 1 is 1.29 bits per heavy atom. The van der Waals surface area contributed by atoms with Gasteiger partial charge in [0.15, 0.2) is 0 Å². The van der Waals surface area contributed by atoms with Crippen LogP contribution in [0.5, 0.6) is 0 Å². The zero-order valence-electron chi connectivity index (χ0n) is 11.6. The molecule has 0 spiro atoms. The number of nitrogens with one attached hydrogen (secondary N) is 2. The second-order valence-corrected chi connectivity index (χ2v) is 4.34. The Labute approximate surface area is 120 Å². The van der Waals surface area contributed by atoms with Crippen LogP contribution in [0.25, 0.3) is 0 Å². The summed E-state index contributed by atoms with van der Waals surface area (Å²) in [6.45, 7) is 4.17. The second kappa shape index (κ2) is 6.04. The molecular weight excluding hydrogens is 274 g/mol. The minimum Gasteiger partial charge on any atom is -0.379 e. The number of hydrogen-bond donors (Lipinski definition) is 3. The van der Waals surface area contributed by atoms with E-state index in [1.165, 1.54) is 0 Å². The molecule has 110 valence electrons. The van der Waals surface area contributed by atoms with Gasteiger partial charge in [-0.05, 0) is 47.9 Å². The maximum Gasteiger partial charge on any atom is 0.281 e. The number of carbonyl (C=O) groups is 2. The molecular formula is C13H15N5O3. The topological polar surface area (TPSA) is 123 Å². The van der Waals surface area contributed by atoms with Crippen molar-refractivity contribution in [2.45, 2.75) is 13.8 Å². The third-order valence-corrected chi connectivity index (χ3v) is 2.80. The van der Waals surface area contributed by atoms with E-state index in [0.717, 1.165) is 5.56 Å². The third-order valence-electron chi connectivity index (χ3n) is 2.80. The van der Waals surface area contributed by atoms with Gasteiger partial charge in [-0.3, -0.25) is 9.59 Å². The van der Waals surface area contributed by atoms with Crippen molar-refractivity contribution in [2.75, 3.05) is 17.6 Å². The zero-order valence-corrected chi connectivity index (χ0v) is 11.6. The molecule has 2 rings (SSSR count). The highest BCUT2D eigenvalue weighted by atomic mass is 16.6. The van der Waals surface area contributed by atoms with Crippen LogP contribution < -0.4 is 16.4 Å². The number of nitrogens with two attached hydrogens (primary N) is 1. The number of nitrogen functional groups attached to an aromatic ring is 1. The largest absolute Gasteiger partial charge is 0.379 e. The fourth-order valence-corrected chi connectivity index (χ4v) is 1.74. The normalized spacial score (nSPS) is 10.2. The molecule has 4 N–H and O–H groups in total. The molecule has 0 aliphatic rings. The van der Waals surface area contributed by atoms with Crippen LogP contribution in [-0.4, -0.2) is 28.7 Å². The number of nitrogens with zero attached hydrogens (tertiary/aromatic N) is 2. The first kappa shape index (κ1) is 14.5. The van der Waals surface area contributed by atoms with Gasteiger partial charge in [-0.1, -0.05) is 0 Å². The Balaban J connectivity index is 2.16. The predicted octanol–water partition coefficient (Wildman–Crippen LogP) is 0.962. The third kappa shape index (κ3) is 3.16. The van der Waals surface area contributed by atoms with Crippen molar-refractivity contribution in [1.29, 1.82) is 0 Å². The molecule has 0 radical (unpaired) electrons. The number of aryl methyl sites for hydroxylation is 1. The first-order chi connectivity index (χ1) is 10.0. The molecule has 21 heavy (non-hydrogen) atoms. The summed E-state index contributed by atoms with van der Waals surface area (Å²) in [5.41, 5.74) is 7.18. The van der Waals surface area contributed by atoms with Crippen LogP contribution in [0.3, 0.4) is 0 Å². The van der Waals surface area contributed by atoms with E-state index in [9.17, 15) is 9.59 Å². The number of rotatable bonds is 4. The molecule has 0 aliphatic carbocycles. The monoisotopic (exact) mass is 289 g/mol. The van der Waals surface area contributed by atoms with Crippen molar-refractivity contribution in [3.63, 3.8) is 0 Å². The molecule has 1 aromatic heterocycles. The molecule has 0 atom stereocenters. The van der Waals surface area contributed by atoms with Gasteiger partial charge in [0.25, 0.3) is 11.8 Å². The molecule has 0 unspecified atom stereocenters. The van der Waals surface area contributed by atoms with Crippen LogP contribution in [0.1, 0.15) is 33.3 Å². The fourth-order valence-electron chi connectivity index (χ4n) is 1.74. The summed E-state index contributed by atoms with van der Waals surface area (Å²) in [5.74, 6) is -0.768. The van der Waals surface area contributed by atoms with Crippen LogP contribution >= 0.6 is 0 Å². The summed E-state index contributed by atoms with van der Waals surface area (Å²) in [6, 6.07) is 4.95. The summed E-state index contributed by atoms with van der Waals surface area (Å²) >= 11 is 0. The smallest absolute Gasteiger partial charge is 0.281 e. The number of anilines is 2. The number of aromatic nitrogens is 2. The average Bonchev–Trinajstić information content (AvgIpc) is 2.87. The van der Waals surface area contributed by atoms with Gasteiger partial charge in [0.1, 0.15) is 0 Å². The Hall–Kier alpha value is -2.90. The Morgan fingerprint density at radius 2 is 2.05 bits per heavy atom. The highest BCUT2D eigenvalue weighted by molar-refractivity contribution is 6.06. The molecule has 2 amide bonds. The van der Waals surface area contributed by atoms with Gasteiger partial charge < -0.3 is 16.4 Å². The van der Waals surface area contributed by atoms with Crippen LogP contribution in [-0.2, 0) is 0 Å². The van der Waals surface area contributed by atoms with Gasteiger partial charge in [0.2, 0.25) is 11.5 Å². The highest BCUT2D eigenvalue weighted by Crippen LogP contribution is 2.18. The van der Waals surface area contributed by atoms with Gasteiger partial charge in [-0.15, -0.1) is 0 Å². The molecule has 0 saturated heterocycles. The predicted molar refractivity (Wildman–Crippen MR) is 75.8 cm³/mol. The van der Waals surface area contributed by atoms with E-state index in [1.807, 2.05) is 6.92 Å². The van der Waals surface area contributed by atoms with E-state index in [4.69, 9.17) is 5.73 Å². The lowest BCUT2D eigenvalue weighted by Crippen LogP contribution is -2.23. The van der Waals surface area contributed by atoms with Crippen LogP contribution in [0.4, 0.5) is 11.5 Å². The number of carbonyl (C=O) groups excluding carboxylic acids is 2. The summed E-state index contributed by atoms with van der Waals surface area (Å²) in [6.07, 6.45) is 0.